The third kappa shape index (κ3) is 2.98. The van der Waals surface area contributed by atoms with Crippen molar-refractivity contribution < 1.29 is 0 Å². The average Bonchev–Trinajstić information content (AvgIpc) is 3.24. The monoisotopic (exact) mass is 322 g/mol. The molecule has 2 N–H and O–H groups in total. The third-order valence-corrected chi connectivity index (χ3v) is 5.31. The van der Waals surface area contributed by atoms with Crippen molar-refractivity contribution in [3.8, 4) is 0 Å². The van der Waals surface area contributed by atoms with Gasteiger partial charge in [0.25, 0.3) is 0 Å². The summed E-state index contributed by atoms with van der Waals surface area (Å²) in [5.74, 6) is 1.13. The van der Waals surface area contributed by atoms with Gasteiger partial charge in [0.1, 0.15) is 0 Å². The molecular formula is C20H26N4. The summed E-state index contributed by atoms with van der Waals surface area (Å²) in [6, 6.07) is 10.8. The molecule has 0 bridgehead atoms. The first-order chi connectivity index (χ1) is 11.7. The van der Waals surface area contributed by atoms with Gasteiger partial charge in [-0.1, -0.05) is 32.0 Å². The van der Waals surface area contributed by atoms with Crippen LogP contribution in [0.1, 0.15) is 55.5 Å². The number of aromatic nitrogens is 3. The molecule has 0 radical (unpaired) electrons. The molecular weight excluding hydrogens is 296 g/mol. The van der Waals surface area contributed by atoms with Gasteiger partial charge in [-0.05, 0) is 49.5 Å². The van der Waals surface area contributed by atoms with Gasteiger partial charge in [-0.25, -0.2) is 0 Å². The van der Waals surface area contributed by atoms with E-state index in [1.54, 1.807) is 0 Å². The average molecular weight is 322 g/mol. The lowest BCUT2D eigenvalue weighted by atomic mass is 9.92. The number of para-hydroxylation sites is 1. The highest BCUT2D eigenvalue weighted by Crippen LogP contribution is 2.29. The maximum absolute atomic E-state index is 4.46. The number of benzene rings is 1. The van der Waals surface area contributed by atoms with Crippen LogP contribution < -0.4 is 0 Å². The molecule has 24 heavy (non-hydrogen) atoms. The van der Waals surface area contributed by atoms with Crippen LogP contribution in [0.3, 0.4) is 0 Å². The van der Waals surface area contributed by atoms with Crippen LogP contribution in [0.25, 0.3) is 10.9 Å². The second-order valence-corrected chi connectivity index (χ2v) is 7.31. The fourth-order valence-corrected chi connectivity index (χ4v) is 3.76. The van der Waals surface area contributed by atoms with Gasteiger partial charge in [0.05, 0.1) is 5.69 Å². The van der Waals surface area contributed by atoms with Crippen molar-refractivity contribution in [2.45, 2.75) is 45.1 Å². The molecule has 1 aliphatic heterocycles. The largest absolute Gasteiger partial charge is 0.361 e. The Labute approximate surface area is 143 Å². The number of piperidine rings is 1. The van der Waals surface area contributed by atoms with E-state index in [2.05, 4.69) is 70.5 Å². The van der Waals surface area contributed by atoms with Crippen LogP contribution in [0, 0.1) is 0 Å². The van der Waals surface area contributed by atoms with E-state index in [1.165, 1.54) is 40.7 Å². The van der Waals surface area contributed by atoms with Crippen molar-refractivity contribution in [2.75, 3.05) is 13.1 Å². The molecule has 3 aromatic rings. The van der Waals surface area contributed by atoms with Gasteiger partial charge in [-0.15, -0.1) is 0 Å². The fraction of sp³-hybridized carbons (Fsp3) is 0.450. The summed E-state index contributed by atoms with van der Waals surface area (Å²) in [4.78, 5) is 5.96. The smallest absolute Gasteiger partial charge is 0.0650 e. The molecule has 126 valence electrons. The lowest BCUT2D eigenvalue weighted by molar-refractivity contribution is 0.204. The van der Waals surface area contributed by atoms with Crippen molar-refractivity contribution in [3.63, 3.8) is 0 Å². The Kier molecular flexibility index (Phi) is 4.15. The first-order valence-electron chi connectivity index (χ1n) is 9.03. The van der Waals surface area contributed by atoms with E-state index < -0.39 is 0 Å². The molecule has 4 rings (SSSR count). The molecule has 1 saturated heterocycles. The molecule has 4 nitrogen and oxygen atoms in total. The third-order valence-electron chi connectivity index (χ3n) is 5.31. The van der Waals surface area contributed by atoms with Crippen LogP contribution in [0.5, 0.6) is 0 Å². The standard InChI is InChI=1S/C20H26N4/c1-14(2)19-11-20(23-22-19)15-7-9-24(10-8-15)13-16-12-21-18-6-4-3-5-17(16)18/h3-6,11-12,14-15,21H,7-10,13H2,1-2H3,(H,22,23). The fourth-order valence-electron chi connectivity index (χ4n) is 3.76. The normalized spacial score (nSPS) is 17.1. The highest BCUT2D eigenvalue weighted by atomic mass is 15.1. The molecule has 0 spiro atoms. The second-order valence-electron chi connectivity index (χ2n) is 7.31. The van der Waals surface area contributed by atoms with E-state index in [-0.39, 0.29) is 0 Å². The topological polar surface area (TPSA) is 47.7 Å². The van der Waals surface area contributed by atoms with Gasteiger partial charge in [0, 0.05) is 35.3 Å². The van der Waals surface area contributed by atoms with Crippen LogP contribution in [0.2, 0.25) is 0 Å². The predicted molar refractivity (Wildman–Crippen MR) is 98.2 cm³/mol. The molecule has 4 heteroatoms. The highest BCUT2D eigenvalue weighted by molar-refractivity contribution is 5.82. The maximum atomic E-state index is 4.46. The highest BCUT2D eigenvalue weighted by Gasteiger charge is 2.23. The SMILES string of the molecule is CC(C)c1cc(C2CCN(Cc3c[nH]c4ccccc34)CC2)[nH]n1. The minimum Gasteiger partial charge on any atom is -0.361 e. The van der Waals surface area contributed by atoms with Crippen LogP contribution in [-0.4, -0.2) is 33.2 Å². The molecule has 1 aliphatic rings. The molecule has 0 atom stereocenters. The van der Waals surface area contributed by atoms with Gasteiger partial charge >= 0.3 is 0 Å². The first-order valence-corrected chi connectivity index (χ1v) is 9.03. The van der Waals surface area contributed by atoms with E-state index >= 15 is 0 Å². The number of H-pyrrole nitrogens is 2. The molecule has 1 fully saturated rings. The number of nitrogens with zero attached hydrogens (tertiary/aromatic N) is 2. The first kappa shape index (κ1) is 15.5. The van der Waals surface area contributed by atoms with E-state index in [0.29, 0.717) is 11.8 Å². The summed E-state index contributed by atoms with van der Waals surface area (Å²) >= 11 is 0. The molecule has 3 heterocycles. The summed E-state index contributed by atoms with van der Waals surface area (Å²) in [6.45, 7) is 7.74. The van der Waals surface area contributed by atoms with Crippen LogP contribution >= 0.6 is 0 Å². The lowest BCUT2D eigenvalue weighted by Crippen LogP contribution is -2.32. The summed E-state index contributed by atoms with van der Waals surface area (Å²) in [5, 5.41) is 9.09. The van der Waals surface area contributed by atoms with Crippen LogP contribution in [0.4, 0.5) is 0 Å². The van der Waals surface area contributed by atoms with Crippen molar-refractivity contribution in [1.82, 2.24) is 20.1 Å². The summed E-state index contributed by atoms with van der Waals surface area (Å²) < 4.78 is 0. The summed E-state index contributed by atoms with van der Waals surface area (Å²) in [5.41, 5.74) is 5.16. The van der Waals surface area contributed by atoms with E-state index in [4.69, 9.17) is 0 Å². The predicted octanol–water partition coefficient (Wildman–Crippen LogP) is 4.39. The summed E-state index contributed by atoms with van der Waals surface area (Å²) in [6.07, 6.45) is 4.59. The molecule has 0 aliphatic carbocycles. The van der Waals surface area contributed by atoms with Crippen LogP contribution in [-0.2, 0) is 6.54 Å². The Morgan fingerprint density at radius 3 is 2.75 bits per heavy atom. The van der Waals surface area contributed by atoms with Gasteiger partial charge < -0.3 is 4.98 Å². The zero-order valence-electron chi connectivity index (χ0n) is 14.5. The minimum atomic E-state index is 0.497. The minimum absolute atomic E-state index is 0.497. The zero-order chi connectivity index (χ0) is 16.5. The van der Waals surface area contributed by atoms with E-state index in [0.717, 1.165) is 19.6 Å². The van der Waals surface area contributed by atoms with Crippen molar-refractivity contribution in [3.05, 3.63) is 53.5 Å². The molecule has 0 unspecified atom stereocenters. The van der Waals surface area contributed by atoms with E-state index in [9.17, 15) is 0 Å². The van der Waals surface area contributed by atoms with Crippen molar-refractivity contribution >= 4 is 10.9 Å². The zero-order valence-corrected chi connectivity index (χ0v) is 14.5. The lowest BCUT2D eigenvalue weighted by Gasteiger charge is -2.31. The number of aromatic amines is 2. The Balaban J connectivity index is 1.39. The number of rotatable bonds is 4. The Hall–Kier alpha value is -2.07. The number of fused-ring (bicyclic) bond motifs is 1. The molecule has 0 amide bonds. The van der Waals surface area contributed by atoms with Gasteiger partial charge in [0.2, 0.25) is 0 Å². The molecule has 0 saturated carbocycles. The van der Waals surface area contributed by atoms with Crippen LogP contribution in [0.15, 0.2) is 36.5 Å². The van der Waals surface area contributed by atoms with Gasteiger partial charge in [-0.3, -0.25) is 10.00 Å². The molecule has 2 aromatic heterocycles. The Morgan fingerprint density at radius 2 is 2.00 bits per heavy atom. The van der Waals surface area contributed by atoms with Crippen molar-refractivity contribution in [2.24, 2.45) is 0 Å². The Morgan fingerprint density at radius 1 is 1.21 bits per heavy atom. The number of hydrogen-bond acceptors (Lipinski definition) is 2. The Bertz CT molecular complexity index is 806. The second kappa shape index (κ2) is 6.44. The number of likely N-dealkylation sites (tertiary alicyclic amines) is 1. The van der Waals surface area contributed by atoms with Gasteiger partial charge in [0.15, 0.2) is 0 Å². The number of hydrogen-bond donors (Lipinski definition) is 2. The van der Waals surface area contributed by atoms with Gasteiger partial charge in [-0.2, -0.15) is 5.10 Å². The molecule has 1 aromatic carbocycles. The summed E-state index contributed by atoms with van der Waals surface area (Å²) in [7, 11) is 0. The quantitative estimate of drug-likeness (QED) is 0.748. The maximum Gasteiger partial charge on any atom is 0.0650 e. The van der Waals surface area contributed by atoms with Crippen molar-refractivity contribution in [1.29, 1.82) is 0 Å². The van der Waals surface area contributed by atoms with E-state index in [1.807, 2.05) is 0 Å². The number of nitrogens with one attached hydrogen (secondary N) is 2.